The average molecular weight is 218 g/mol. The molecule has 0 saturated heterocycles. The molecular weight excluding hydrogens is 206 g/mol. The van der Waals surface area contributed by atoms with E-state index in [2.05, 4.69) is 0 Å². The number of hydrogen-bond donors (Lipinski definition) is 2. The topological polar surface area (TPSA) is 62.5 Å². The Bertz CT molecular complexity index is 386. The van der Waals surface area contributed by atoms with Gasteiger partial charge in [-0.1, -0.05) is 0 Å². The molecule has 0 radical (unpaired) electrons. The van der Waals surface area contributed by atoms with Crippen molar-refractivity contribution in [2.45, 2.75) is 19.3 Å². The highest BCUT2D eigenvalue weighted by molar-refractivity contribution is 6.17. The van der Waals surface area contributed by atoms with E-state index in [1.807, 2.05) is 0 Å². The van der Waals surface area contributed by atoms with Crippen LogP contribution in [0, 0.1) is 6.92 Å². The summed E-state index contributed by atoms with van der Waals surface area (Å²) in [4.78, 5) is 11.4. The molecule has 0 bridgehead atoms. The molecule has 5 heteroatoms. The van der Waals surface area contributed by atoms with Gasteiger partial charge in [0.15, 0.2) is 5.88 Å². The Labute approximate surface area is 86.4 Å². The van der Waals surface area contributed by atoms with Gasteiger partial charge in [0.2, 0.25) is 0 Å². The van der Waals surface area contributed by atoms with Crippen molar-refractivity contribution >= 4 is 11.6 Å². The third kappa shape index (κ3) is 1.91. The highest BCUT2D eigenvalue weighted by Gasteiger charge is 2.10. The molecular formula is C9H12ClNO3. The number of aliphatic hydroxyl groups is 1. The van der Waals surface area contributed by atoms with Crippen LogP contribution in [0.2, 0.25) is 0 Å². The summed E-state index contributed by atoms with van der Waals surface area (Å²) >= 11 is 5.62. The molecule has 1 heterocycles. The van der Waals surface area contributed by atoms with Gasteiger partial charge in [0.25, 0.3) is 5.56 Å². The molecule has 0 saturated carbocycles. The van der Waals surface area contributed by atoms with Crippen LogP contribution in [0.25, 0.3) is 0 Å². The lowest BCUT2D eigenvalue weighted by atomic mass is 10.2. The molecule has 78 valence electrons. The van der Waals surface area contributed by atoms with Crippen LogP contribution in [-0.4, -0.2) is 21.4 Å². The molecule has 0 unspecified atom stereocenters. The predicted octanol–water partition coefficient (Wildman–Crippen LogP) is 0.593. The maximum absolute atomic E-state index is 11.4. The quantitative estimate of drug-likeness (QED) is 0.729. The van der Waals surface area contributed by atoms with Gasteiger partial charge < -0.3 is 10.2 Å². The SMILES string of the molecule is Cc1cc(=O)n(CCO)c(O)c1CCl. The zero-order valence-electron chi connectivity index (χ0n) is 7.83. The van der Waals surface area contributed by atoms with Crippen molar-refractivity contribution in [1.29, 1.82) is 0 Å². The van der Waals surface area contributed by atoms with Gasteiger partial charge in [-0.25, -0.2) is 0 Å². The second-order valence-corrected chi connectivity index (χ2v) is 3.24. The smallest absolute Gasteiger partial charge is 0.253 e. The van der Waals surface area contributed by atoms with E-state index in [-0.39, 0.29) is 30.5 Å². The molecule has 0 aliphatic rings. The molecule has 1 aromatic rings. The zero-order valence-corrected chi connectivity index (χ0v) is 8.58. The number of pyridine rings is 1. The number of aromatic nitrogens is 1. The lowest BCUT2D eigenvalue weighted by molar-refractivity contribution is 0.263. The summed E-state index contributed by atoms with van der Waals surface area (Å²) in [6, 6.07) is 1.40. The van der Waals surface area contributed by atoms with Gasteiger partial charge in [0, 0.05) is 11.6 Å². The number of aliphatic hydroxyl groups excluding tert-OH is 1. The molecule has 1 rings (SSSR count). The number of aryl methyl sites for hydroxylation is 1. The zero-order chi connectivity index (χ0) is 10.7. The second kappa shape index (κ2) is 4.48. The molecule has 4 nitrogen and oxygen atoms in total. The number of hydrogen-bond acceptors (Lipinski definition) is 3. The summed E-state index contributed by atoms with van der Waals surface area (Å²) in [6.45, 7) is 1.59. The van der Waals surface area contributed by atoms with Crippen molar-refractivity contribution in [2.24, 2.45) is 0 Å². The van der Waals surface area contributed by atoms with Crippen molar-refractivity contribution in [1.82, 2.24) is 4.57 Å². The van der Waals surface area contributed by atoms with Crippen LogP contribution in [0.1, 0.15) is 11.1 Å². The molecule has 0 spiro atoms. The molecule has 0 amide bonds. The lowest BCUT2D eigenvalue weighted by Gasteiger charge is -2.11. The number of aromatic hydroxyl groups is 1. The van der Waals surface area contributed by atoms with Crippen molar-refractivity contribution in [2.75, 3.05) is 6.61 Å². The average Bonchev–Trinajstić information content (AvgIpc) is 2.12. The van der Waals surface area contributed by atoms with E-state index in [0.717, 1.165) is 4.57 Å². The maximum Gasteiger partial charge on any atom is 0.253 e. The van der Waals surface area contributed by atoms with Crippen LogP contribution in [0.4, 0.5) is 0 Å². The molecule has 0 aliphatic carbocycles. The van der Waals surface area contributed by atoms with Gasteiger partial charge in [-0.2, -0.15) is 0 Å². The largest absolute Gasteiger partial charge is 0.494 e. The summed E-state index contributed by atoms with van der Waals surface area (Å²) in [5.41, 5.74) is 0.860. The Kier molecular flexibility index (Phi) is 3.55. The summed E-state index contributed by atoms with van der Waals surface area (Å²) < 4.78 is 1.10. The number of rotatable bonds is 3. The van der Waals surface area contributed by atoms with E-state index in [9.17, 15) is 9.90 Å². The van der Waals surface area contributed by atoms with Crippen molar-refractivity contribution in [3.63, 3.8) is 0 Å². The fourth-order valence-electron chi connectivity index (χ4n) is 1.28. The first-order valence-electron chi connectivity index (χ1n) is 4.21. The van der Waals surface area contributed by atoms with Gasteiger partial charge in [0.05, 0.1) is 19.0 Å². The standard InChI is InChI=1S/C9H12ClNO3/c1-6-4-8(13)11(2-3-12)9(14)7(6)5-10/h4,12,14H,2-3,5H2,1H3. The van der Waals surface area contributed by atoms with Gasteiger partial charge in [0.1, 0.15) is 0 Å². The minimum absolute atomic E-state index is 0.0782. The Hall–Kier alpha value is -1.00. The minimum atomic E-state index is -0.331. The Morgan fingerprint density at radius 2 is 2.21 bits per heavy atom. The fraction of sp³-hybridized carbons (Fsp3) is 0.444. The summed E-state index contributed by atoms with van der Waals surface area (Å²) in [5.74, 6) is -0.0114. The monoisotopic (exact) mass is 217 g/mol. The van der Waals surface area contributed by atoms with Crippen LogP contribution < -0.4 is 5.56 Å². The molecule has 14 heavy (non-hydrogen) atoms. The maximum atomic E-state index is 11.4. The van der Waals surface area contributed by atoms with E-state index >= 15 is 0 Å². The van der Waals surface area contributed by atoms with Crippen molar-refractivity contribution in [3.8, 4) is 5.88 Å². The van der Waals surface area contributed by atoms with E-state index in [1.54, 1.807) is 6.92 Å². The Morgan fingerprint density at radius 1 is 1.57 bits per heavy atom. The normalized spacial score (nSPS) is 10.5. The second-order valence-electron chi connectivity index (χ2n) is 2.98. The van der Waals surface area contributed by atoms with E-state index in [0.29, 0.717) is 11.1 Å². The first kappa shape index (κ1) is 11.1. The minimum Gasteiger partial charge on any atom is -0.494 e. The third-order valence-electron chi connectivity index (χ3n) is 2.06. The van der Waals surface area contributed by atoms with Crippen molar-refractivity contribution in [3.05, 3.63) is 27.5 Å². The van der Waals surface area contributed by atoms with Gasteiger partial charge in [-0.05, 0) is 12.5 Å². The number of alkyl halides is 1. The van der Waals surface area contributed by atoms with Crippen LogP contribution in [0.3, 0.4) is 0 Å². The first-order valence-corrected chi connectivity index (χ1v) is 4.74. The number of nitrogens with zero attached hydrogens (tertiary/aromatic N) is 1. The van der Waals surface area contributed by atoms with Crippen LogP contribution in [-0.2, 0) is 12.4 Å². The molecule has 1 aromatic heterocycles. The van der Waals surface area contributed by atoms with Crippen LogP contribution >= 0.6 is 11.6 Å². The molecule has 0 aliphatic heterocycles. The van der Waals surface area contributed by atoms with Gasteiger partial charge in [-0.3, -0.25) is 9.36 Å². The Balaban J connectivity index is 3.36. The van der Waals surface area contributed by atoms with Gasteiger partial charge >= 0.3 is 0 Å². The van der Waals surface area contributed by atoms with Gasteiger partial charge in [-0.15, -0.1) is 11.6 Å². The first-order chi connectivity index (χ1) is 6.61. The fourth-order valence-corrected chi connectivity index (χ4v) is 1.61. The van der Waals surface area contributed by atoms with Crippen LogP contribution in [0.15, 0.2) is 10.9 Å². The van der Waals surface area contributed by atoms with Crippen LogP contribution in [0.5, 0.6) is 5.88 Å². The molecule has 0 fully saturated rings. The van der Waals surface area contributed by atoms with E-state index in [1.165, 1.54) is 6.07 Å². The lowest BCUT2D eigenvalue weighted by Crippen LogP contribution is -2.22. The summed E-state index contributed by atoms with van der Waals surface area (Å²) in [5, 5.41) is 18.3. The number of halogens is 1. The molecule has 0 atom stereocenters. The highest BCUT2D eigenvalue weighted by atomic mass is 35.5. The Morgan fingerprint density at radius 3 is 2.71 bits per heavy atom. The third-order valence-corrected chi connectivity index (χ3v) is 2.33. The predicted molar refractivity (Wildman–Crippen MR) is 53.7 cm³/mol. The molecule has 2 N–H and O–H groups in total. The van der Waals surface area contributed by atoms with E-state index < -0.39 is 0 Å². The molecule has 0 aromatic carbocycles. The highest BCUT2D eigenvalue weighted by Crippen LogP contribution is 2.20. The summed E-state index contributed by atoms with van der Waals surface area (Å²) in [6.07, 6.45) is 0. The van der Waals surface area contributed by atoms with E-state index in [4.69, 9.17) is 16.7 Å². The van der Waals surface area contributed by atoms with Crippen molar-refractivity contribution < 1.29 is 10.2 Å². The summed E-state index contributed by atoms with van der Waals surface area (Å²) in [7, 11) is 0.